The molecular weight excluding hydrogens is 298 g/mol. The second-order valence-electron chi connectivity index (χ2n) is 4.95. The lowest BCUT2D eigenvalue weighted by molar-refractivity contribution is -0.123. The predicted molar refractivity (Wildman–Crippen MR) is 88.7 cm³/mol. The van der Waals surface area contributed by atoms with Crippen molar-refractivity contribution in [3.05, 3.63) is 46.7 Å². The summed E-state index contributed by atoms with van der Waals surface area (Å²) >= 11 is 1.70. The zero-order valence-corrected chi connectivity index (χ0v) is 13.7. The normalized spacial score (nSPS) is 11.7. The molecule has 1 aromatic heterocycles. The van der Waals surface area contributed by atoms with Crippen molar-refractivity contribution in [2.24, 2.45) is 0 Å². The van der Waals surface area contributed by atoms with E-state index in [2.05, 4.69) is 11.4 Å². The Morgan fingerprint density at radius 2 is 1.86 bits per heavy atom. The molecule has 1 heterocycles. The molecule has 1 unspecified atom stereocenters. The molecule has 1 atom stereocenters. The average molecular weight is 319 g/mol. The van der Waals surface area contributed by atoms with Crippen LogP contribution < -0.4 is 14.8 Å². The van der Waals surface area contributed by atoms with E-state index in [9.17, 15) is 4.79 Å². The number of ether oxygens (including phenoxy) is 2. The van der Waals surface area contributed by atoms with Crippen molar-refractivity contribution >= 4 is 17.2 Å². The Kier molecular flexibility index (Phi) is 6.27. The number of carbonyl (C=O) groups excluding carboxylic acids is 1. The lowest BCUT2D eigenvalue weighted by Crippen LogP contribution is -2.37. The van der Waals surface area contributed by atoms with Crippen LogP contribution in [-0.4, -0.2) is 25.2 Å². The molecule has 2 aromatic rings. The highest BCUT2D eigenvalue weighted by Crippen LogP contribution is 2.17. The topological polar surface area (TPSA) is 47.6 Å². The number of carbonyl (C=O) groups is 1. The molecule has 0 fully saturated rings. The van der Waals surface area contributed by atoms with Crippen molar-refractivity contribution in [2.75, 3.05) is 13.2 Å². The van der Waals surface area contributed by atoms with Crippen LogP contribution in [0.4, 0.5) is 0 Å². The van der Waals surface area contributed by atoms with E-state index in [0.29, 0.717) is 12.4 Å². The van der Waals surface area contributed by atoms with Gasteiger partial charge >= 0.3 is 0 Å². The van der Waals surface area contributed by atoms with Crippen LogP contribution in [0.3, 0.4) is 0 Å². The molecule has 0 aliphatic rings. The lowest BCUT2D eigenvalue weighted by atomic mass is 10.2. The van der Waals surface area contributed by atoms with E-state index in [1.54, 1.807) is 23.5 Å². The van der Waals surface area contributed by atoms with Crippen LogP contribution in [0.2, 0.25) is 0 Å². The van der Waals surface area contributed by atoms with Crippen LogP contribution in [0.5, 0.6) is 11.5 Å². The highest BCUT2D eigenvalue weighted by molar-refractivity contribution is 7.09. The van der Waals surface area contributed by atoms with Crippen molar-refractivity contribution in [3.8, 4) is 11.5 Å². The molecule has 118 valence electrons. The molecule has 22 heavy (non-hydrogen) atoms. The van der Waals surface area contributed by atoms with Gasteiger partial charge < -0.3 is 14.8 Å². The SMILES string of the molecule is CCOc1ccc(OCC(=O)NC(C)Cc2cccs2)cc1. The first-order chi connectivity index (χ1) is 10.7. The molecule has 0 aliphatic heterocycles. The Hall–Kier alpha value is -2.01. The summed E-state index contributed by atoms with van der Waals surface area (Å²) < 4.78 is 10.8. The Bertz CT molecular complexity index is 566. The fourth-order valence-corrected chi connectivity index (χ4v) is 2.88. The number of rotatable bonds is 8. The largest absolute Gasteiger partial charge is 0.494 e. The van der Waals surface area contributed by atoms with Gasteiger partial charge in [-0.05, 0) is 49.6 Å². The first-order valence-electron chi connectivity index (χ1n) is 7.34. The fraction of sp³-hybridized carbons (Fsp3) is 0.353. The van der Waals surface area contributed by atoms with Gasteiger partial charge in [-0.25, -0.2) is 0 Å². The van der Waals surface area contributed by atoms with Crippen LogP contribution >= 0.6 is 11.3 Å². The third kappa shape index (κ3) is 5.41. The number of thiophene rings is 1. The van der Waals surface area contributed by atoms with E-state index >= 15 is 0 Å². The molecule has 0 saturated heterocycles. The molecule has 0 spiro atoms. The first kappa shape index (κ1) is 16.4. The maximum absolute atomic E-state index is 11.9. The molecule has 1 aromatic carbocycles. The van der Waals surface area contributed by atoms with Gasteiger partial charge in [0.2, 0.25) is 0 Å². The minimum absolute atomic E-state index is 0.0166. The van der Waals surface area contributed by atoms with Gasteiger partial charge in [0.25, 0.3) is 5.91 Å². The van der Waals surface area contributed by atoms with Crippen LogP contribution in [0.25, 0.3) is 0 Å². The first-order valence-corrected chi connectivity index (χ1v) is 8.22. The molecule has 0 bridgehead atoms. The summed E-state index contributed by atoms with van der Waals surface area (Å²) in [5, 5.41) is 4.98. The number of nitrogens with one attached hydrogen (secondary N) is 1. The number of amides is 1. The Morgan fingerprint density at radius 1 is 1.18 bits per heavy atom. The second kappa shape index (κ2) is 8.44. The minimum Gasteiger partial charge on any atom is -0.494 e. The maximum atomic E-state index is 11.9. The molecule has 2 rings (SSSR count). The summed E-state index contributed by atoms with van der Waals surface area (Å²) in [4.78, 5) is 13.1. The summed E-state index contributed by atoms with van der Waals surface area (Å²) in [6.45, 7) is 4.58. The zero-order valence-electron chi connectivity index (χ0n) is 12.9. The molecular formula is C17H21NO3S. The van der Waals surface area contributed by atoms with Crippen LogP contribution in [0.1, 0.15) is 18.7 Å². The molecule has 0 aliphatic carbocycles. The zero-order chi connectivity index (χ0) is 15.8. The van der Waals surface area contributed by atoms with Gasteiger partial charge in [-0.1, -0.05) is 6.07 Å². The molecule has 1 amide bonds. The van der Waals surface area contributed by atoms with Crippen molar-refractivity contribution in [1.29, 1.82) is 0 Å². The summed E-state index contributed by atoms with van der Waals surface area (Å²) in [6.07, 6.45) is 0.840. The average Bonchev–Trinajstić information content (AvgIpc) is 2.99. The third-order valence-electron chi connectivity index (χ3n) is 3.00. The number of benzene rings is 1. The van der Waals surface area contributed by atoms with E-state index in [1.807, 2.05) is 37.4 Å². The number of hydrogen-bond acceptors (Lipinski definition) is 4. The van der Waals surface area contributed by atoms with Gasteiger partial charge in [-0.2, -0.15) is 0 Å². The van der Waals surface area contributed by atoms with E-state index in [0.717, 1.165) is 12.2 Å². The molecule has 5 heteroatoms. The minimum atomic E-state index is -0.113. The smallest absolute Gasteiger partial charge is 0.258 e. The van der Waals surface area contributed by atoms with Crippen molar-refractivity contribution in [2.45, 2.75) is 26.3 Å². The predicted octanol–water partition coefficient (Wildman–Crippen LogP) is 3.27. The van der Waals surface area contributed by atoms with Gasteiger partial charge in [-0.3, -0.25) is 4.79 Å². The molecule has 4 nitrogen and oxygen atoms in total. The van der Waals surface area contributed by atoms with Gasteiger partial charge in [0.05, 0.1) is 6.61 Å². The van der Waals surface area contributed by atoms with E-state index in [-0.39, 0.29) is 18.6 Å². The maximum Gasteiger partial charge on any atom is 0.258 e. The molecule has 1 N–H and O–H groups in total. The van der Waals surface area contributed by atoms with Crippen molar-refractivity contribution < 1.29 is 14.3 Å². The standard InChI is InChI=1S/C17H21NO3S/c1-3-20-14-6-8-15(9-7-14)21-12-17(19)18-13(2)11-16-5-4-10-22-16/h4-10,13H,3,11-12H2,1-2H3,(H,18,19). The Balaban J connectivity index is 1.72. The van der Waals surface area contributed by atoms with E-state index in [1.165, 1.54) is 4.88 Å². The summed E-state index contributed by atoms with van der Waals surface area (Å²) in [7, 11) is 0. The van der Waals surface area contributed by atoms with Crippen LogP contribution in [-0.2, 0) is 11.2 Å². The fourth-order valence-electron chi connectivity index (χ4n) is 2.05. The second-order valence-corrected chi connectivity index (χ2v) is 5.98. The van der Waals surface area contributed by atoms with Gasteiger partial charge in [0.15, 0.2) is 6.61 Å². The highest BCUT2D eigenvalue weighted by Gasteiger charge is 2.09. The quantitative estimate of drug-likeness (QED) is 0.812. The highest BCUT2D eigenvalue weighted by atomic mass is 32.1. The summed E-state index contributed by atoms with van der Waals surface area (Å²) in [6, 6.07) is 11.4. The monoisotopic (exact) mass is 319 g/mol. The summed E-state index contributed by atoms with van der Waals surface area (Å²) in [5.74, 6) is 1.34. The third-order valence-corrected chi connectivity index (χ3v) is 3.90. The summed E-state index contributed by atoms with van der Waals surface area (Å²) in [5.41, 5.74) is 0. The van der Waals surface area contributed by atoms with Crippen molar-refractivity contribution in [1.82, 2.24) is 5.32 Å². The number of hydrogen-bond donors (Lipinski definition) is 1. The van der Waals surface area contributed by atoms with Gasteiger partial charge in [0, 0.05) is 17.3 Å². The van der Waals surface area contributed by atoms with E-state index < -0.39 is 0 Å². The van der Waals surface area contributed by atoms with Crippen LogP contribution in [0.15, 0.2) is 41.8 Å². The Labute approximate surface area is 135 Å². The molecule has 0 saturated carbocycles. The Morgan fingerprint density at radius 3 is 2.45 bits per heavy atom. The lowest BCUT2D eigenvalue weighted by Gasteiger charge is -2.13. The van der Waals surface area contributed by atoms with Crippen molar-refractivity contribution in [3.63, 3.8) is 0 Å². The van der Waals surface area contributed by atoms with Gasteiger partial charge in [-0.15, -0.1) is 11.3 Å². The van der Waals surface area contributed by atoms with Crippen LogP contribution in [0, 0.1) is 0 Å². The molecule has 0 radical (unpaired) electrons. The van der Waals surface area contributed by atoms with Gasteiger partial charge in [0.1, 0.15) is 11.5 Å². The van der Waals surface area contributed by atoms with E-state index in [4.69, 9.17) is 9.47 Å².